The number of aromatic amines is 1. The van der Waals surface area contributed by atoms with E-state index in [1.807, 2.05) is 24.3 Å². The molecule has 0 unspecified atom stereocenters. The van der Waals surface area contributed by atoms with E-state index in [0.717, 1.165) is 30.0 Å². The van der Waals surface area contributed by atoms with Crippen LogP contribution in [0.2, 0.25) is 0 Å². The molecule has 0 radical (unpaired) electrons. The van der Waals surface area contributed by atoms with E-state index < -0.39 is 0 Å². The molecule has 0 bridgehead atoms. The van der Waals surface area contributed by atoms with Crippen molar-refractivity contribution in [2.75, 3.05) is 7.11 Å². The van der Waals surface area contributed by atoms with Crippen molar-refractivity contribution in [3.8, 4) is 5.75 Å². The summed E-state index contributed by atoms with van der Waals surface area (Å²) in [6.45, 7) is 2.64. The monoisotopic (exact) mass is 320 g/mol. The number of carbonyl (C=O) groups is 1. The van der Waals surface area contributed by atoms with Gasteiger partial charge in [0.1, 0.15) is 18.1 Å². The summed E-state index contributed by atoms with van der Waals surface area (Å²) < 4.78 is 7.47. The van der Waals surface area contributed by atoms with Gasteiger partial charge >= 0.3 is 0 Å². The van der Waals surface area contributed by atoms with Crippen molar-refractivity contribution < 1.29 is 9.53 Å². The van der Waals surface area contributed by atoms with E-state index in [1.54, 1.807) is 11.7 Å². The van der Waals surface area contributed by atoms with Crippen molar-refractivity contribution in [3.05, 3.63) is 40.4 Å². The zero-order valence-corrected chi connectivity index (χ0v) is 13.6. The Balaban J connectivity index is 1.99. The predicted molar refractivity (Wildman–Crippen MR) is 86.2 cm³/mol. The van der Waals surface area contributed by atoms with E-state index in [2.05, 4.69) is 22.4 Å². The van der Waals surface area contributed by atoms with E-state index in [-0.39, 0.29) is 12.5 Å². The third-order valence-electron chi connectivity index (χ3n) is 3.28. The summed E-state index contributed by atoms with van der Waals surface area (Å²) in [6.07, 6.45) is 1.73. The molecule has 0 fully saturated rings. The van der Waals surface area contributed by atoms with Crippen LogP contribution in [0.4, 0.5) is 0 Å². The summed E-state index contributed by atoms with van der Waals surface area (Å²) in [5.74, 6) is 1.45. The summed E-state index contributed by atoms with van der Waals surface area (Å²) in [4.78, 5) is 12.1. The Labute approximate surface area is 134 Å². The second kappa shape index (κ2) is 7.74. The molecule has 1 aromatic carbocycles. The van der Waals surface area contributed by atoms with Crippen molar-refractivity contribution in [1.82, 2.24) is 20.1 Å². The number of hydrogen-bond donors (Lipinski definition) is 2. The normalized spacial score (nSPS) is 10.5. The highest BCUT2D eigenvalue weighted by atomic mass is 32.1. The number of methoxy groups -OCH3 is 1. The largest absolute Gasteiger partial charge is 0.496 e. The Morgan fingerprint density at radius 3 is 2.95 bits per heavy atom. The molecule has 0 aliphatic rings. The third-order valence-corrected chi connectivity index (χ3v) is 3.59. The Morgan fingerprint density at radius 2 is 2.23 bits per heavy atom. The second-order valence-electron chi connectivity index (χ2n) is 4.87. The van der Waals surface area contributed by atoms with Crippen LogP contribution < -0.4 is 10.1 Å². The molecule has 0 spiro atoms. The minimum atomic E-state index is -0.110. The molecule has 0 aliphatic heterocycles. The molecule has 7 heteroatoms. The molecule has 1 amide bonds. The van der Waals surface area contributed by atoms with Gasteiger partial charge in [-0.25, -0.2) is 0 Å². The Kier molecular flexibility index (Phi) is 5.71. The summed E-state index contributed by atoms with van der Waals surface area (Å²) in [5, 5.41) is 9.77. The number of amides is 1. The standard InChI is InChI=1S/C15H20N4O2S/c1-3-6-13-17-18-15(22)19(13)10-14(20)16-9-11-7-4-5-8-12(11)21-2/h4-5,7-8H,3,6,9-10H2,1-2H3,(H,16,20)(H,18,22). The first-order valence-corrected chi connectivity index (χ1v) is 7.59. The highest BCUT2D eigenvalue weighted by Gasteiger charge is 2.10. The first-order chi connectivity index (χ1) is 10.7. The van der Waals surface area contributed by atoms with Crippen molar-refractivity contribution in [2.45, 2.75) is 32.9 Å². The minimum absolute atomic E-state index is 0.110. The van der Waals surface area contributed by atoms with Gasteiger partial charge in [0.05, 0.1) is 7.11 Å². The lowest BCUT2D eigenvalue weighted by molar-refractivity contribution is -0.121. The molecule has 0 atom stereocenters. The molecule has 22 heavy (non-hydrogen) atoms. The first-order valence-electron chi connectivity index (χ1n) is 7.18. The van der Waals surface area contributed by atoms with Gasteiger partial charge in [-0.15, -0.1) is 0 Å². The molecular weight excluding hydrogens is 300 g/mol. The van der Waals surface area contributed by atoms with Crippen LogP contribution in [0.15, 0.2) is 24.3 Å². The fraction of sp³-hybridized carbons (Fsp3) is 0.400. The van der Waals surface area contributed by atoms with Crippen LogP contribution in [-0.2, 0) is 24.3 Å². The molecule has 118 valence electrons. The Bertz CT molecular complexity index is 693. The number of aryl methyl sites for hydroxylation is 1. The van der Waals surface area contributed by atoms with Crippen LogP contribution in [0, 0.1) is 4.77 Å². The lowest BCUT2D eigenvalue weighted by Crippen LogP contribution is -2.28. The number of benzene rings is 1. The van der Waals surface area contributed by atoms with Gasteiger partial charge in [0.2, 0.25) is 5.91 Å². The quantitative estimate of drug-likeness (QED) is 0.767. The van der Waals surface area contributed by atoms with Gasteiger partial charge in [0.25, 0.3) is 0 Å². The maximum atomic E-state index is 12.1. The Morgan fingerprint density at radius 1 is 1.45 bits per heavy atom. The number of carbonyl (C=O) groups excluding carboxylic acids is 1. The van der Waals surface area contributed by atoms with E-state index in [1.165, 1.54) is 0 Å². The lowest BCUT2D eigenvalue weighted by Gasteiger charge is -2.10. The average Bonchev–Trinajstić information content (AvgIpc) is 2.87. The first kappa shape index (κ1) is 16.2. The van der Waals surface area contributed by atoms with Crippen LogP contribution in [0.25, 0.3) is 0 Å². The highest BCUT2D eigenvalue weighted by Crippen LogP contribution is 2.16. The van der Waals surface area contributed by atoms with Crippen molar-refractivity contribution in [1.29, 1.82) is 0 Å². The van der Waals surface area contributed by atoms with Crippen LogP contribution in [0.1, 0.15) is 24.7 Å². The maximum absolute atomic E-state index is 12.1. The van der Waals surface area contributed by atoms with E-state index in [4.69, 9.17) is 17.0 Å². The molecule has 1 aromatic heterocycles. The van der Waals surface area contributed by atoms with Gasteiger partial charge in [-0.2, -0.15) is 5.10 Å². The predicted octanol–water partition coefficient (Wildman–Crippen LogP) is 2.22. The van der Waals surface area contributed by atoms with E-state index >= 15 is 0 Å². The van der Waals surface area contributed by atoms with Gasteiger partial charge in [-0.1, -0.05) is 25.1 Å². The number of ether oxygens (including phenoxy) is 1. The number of rotatable bonds is 7. The summed E-state index contributed by atoms with van der Waals surface area (Å²) >= 11 is 5.17. The van der Waals surface area contributed by atoms with Crippen molar-refractivity contribution >= 4 is 18.1 Å². The van der Waals surface area contributed by atoms with Crippen LogP contribution >= 0.6 is 12.2 Å². The minimum Gasteiger partial charge on any atom is -0.496 e. The topological polar surface area (TPSA) is 71.9 Å². The molecule has 0 saturated heterocycles. The number of hydrogen-bond acceptors (Lipinski definition) is 4. The molecule has 2 rings (SSSR count). The molecule has 0 aliphatic carbocycles. The Hall–Kier alpha value is -2.15. The fourth-order valence-corrected chi connectivity index (χ4v) is 2.39. The summed E-state index contributed by atoms with van der Waals surface area (Å²) in [7, 11) is 1.61. The number of nitrogens with zero attached hydrogens (tertiary/aromatic N) is 2. The van der Waals surface area contributed by atoms with Crippen molar-refractivity contribution in [2.24, 2.45) is 0 Å². The van der Waals surface area contributed by atoms with E-state index in [0.29, 0.717) is 11.3 Å². The number of aromatic nitrogens is 3. The third kappa shape index (κ3) is 3.94. The smallest absolute Gasteiger partial charge is 0.240 e. The van der Waals surface area contributed by atoms with Crippen LogP contribution in [0.3, 0.4) is 0 Å². The zero-order valence-electron chi connectivity index (χ0n) is 12.8. The van der Waals surface area contributed by atoms with Gasteiger partial charge in [0.15, 0.2) is 4.77 Å². The molecular formula is C15H20N4O2S. The average molecular weight is 320 g/mol. The van der Waals surface area contributed by atoms with Crippen LogP contribution in [0.5, 0.6) is 5.75 Å². The van der Waals surface area contributed by atoms with Gasteiger partial charge in [0, 0.05) is 18.5 Å². The fourth-order valence-electron chi connectivity index (χ4n) is 2.17. The SMILES string of the molecule is CCCc1n[nH]c(=S)n1CC(=O)NCc1ccccc1OC. The van der Waals surface area contributed by atoms with Gasteiger partial charge in [-0.05, 0) is 24.7 Å². The molecule has 0 saturated carbocycles. The molecule has 2 N–H and O–H groups in total. The van der Waals surface area contributed by atoms with Crippen LogP contribution in [-0.4, -0.2) is 27.8 Å². The van der Waals surface area contributed by atoms with E-state index in [9.17, 15) is 4.79 Å². The maximum Gasteiger partial charge on any atom is 0.240 e. The lowest BCUT2D eigenvalue weighted by atomic mass is 10.2. The van der Waals surface area contributed by atoms with Crippen molar-refractivity contribution in [3.63, 3.8) is 0 Å². The van der Waals surface area contributed by atoms with Gasteiger partial charge < -0.3 is 10.1 Å². The zero-order chi connectivity index (χ0) is 15.9. The molecule has 2 aromatic rings. The number of para-hydroxylation sites is 1. The van der Waals surface area contributed by atoms with Gasteiger partial charge in [-0.3, -0.25) is 14.5 Å². The second-order valence-corrected chi connectivity index (χ2v) is 5.26. The number of H-pyrrole nitrogens is 1. The molecule has 1 heterocycles. The molecule has 6 nitrogen and oxygen atoms in total. The number of nitrogens with one attached hydrogen (secondary N) is 2. The highest BCUT2D eigenvalue weighted by molar-refractivity contribution is 7.71. The summed E-state index contributed by atoms with van der Waals surface area (Å²) in [6, 6.07) is 7.60. The summed E-state index contributed by atoms with van der Waals surface area (Å²) in [5.41, 5.74) is 0.933.